The molecule has 0 radical (unpaired) electrons. The van der Waals surface area contributed by atoms with Crippen LogP contribution in [-0.4, -0.2) is 34.9 Å². The number of anilines is 1. The van der Waals surface area contributed by atoms with E-state index in [1.165, 1.54) is 0 Å². The average molecular weight is 364 g/mol. The smallest absolute Gasteiger partial charge is 0.253 e. The van der Waals surface area contributed by atoms with Crippen LogP contribution >= 0.6 is 23.1 Å². The molecule has 2 atom stereocenters. The summed E-state index contributed by atoms with van der Waals surface area (Å²) in [5.41, 5.74) is 7.39. The van der Waals surface area contributed by atoms with Crippen LogP contribution in [0.15, 0.2) is 27.4 Å². The van der Waals surface area contributed by atoms with Crippen LogP contribution in [0.25, 0.3) is 0 Å². The molecule has 1 aliphatic heterocycles. The second kappa shape index (κ2) is 7.60. The molecule has 1 aromatic heterocycles. The Bertz CT molecular complexity index is 735. The SMILES string of the molecule is Cc1nnc(Sc2ccc(NC(=O)[C@@H]3CC[C@H](CN)O3)c(C)c2)s1. The lowest BCUT2D eigenvalue weighted by molar-refractivity contribution is -0.126. The lowest BCUT2D eigenvalue weighted by atomic mass is 10.1. The fraction of sp³-hybridized carbons (Fsp3) is 0.438. The van der Waals surface area contributed by atoms with Crippen LogP contribution in [0.2, 0.25) is 0 Å². The molecule has 24 heavy (non-hydrogen) atoms. The van der Waals surface area contributed by atoms with Crippen LogP contribution in [0.1, 0.15) is 23.4 Å². The standard InChI is InChI=1S/C16H20N4O2S2/c1-9-7-12(24-16-20-19-10(2)23-16)4-5-13(9)18-15(21)14-6-3-11(8-17)22-14/h4-5,7,11,14H,3,6,8,17H2,1-2H3,(H,18,21)/t11-,14+/m1/s1. The summed E-state index contributed by atoms with van der Waals surface area (Å²) in [6.07, 6.45) is 1.15. The molecule has 1 fully saturated rings. The molecule has 0 unspecified atom stereocenters. The number of hydrogen-bond acceptors (Lipinski definition) is 7. The fourth-order valence-corrected chi connectivity index (χ4v) is 4.43. The summed E-state index contributed by atoms with van der Waals surface area (Å²) in [6.45, 7) is 4.37. The van der Waals surface area contributed by atoms with Crippen LogP contribution < -0.4 is 11.1 Å². The van der Waals surface area contributed by atoms with E-state index in [0.29, 0.717) is 6.54 Å². The summed E-state index contributed by atoms with van der Waals surface area (Å²) in [4.78, 5) is 13.4. The quantitative estimate of drug-likeness (QED) is 0.848. The van der Waals surface area contributed by atoms with Crippen molar-refractivity contribution in [1.82, 2.24) is 10.2 Å². The van der Waals surface area contributed by atoms with Crippen molar-refractivity contribution in [1.29, 1.82) is 0 Å². The number of rotatable bonds is 5. The molecule has 6 nitrogen and oxygen atoms in total. The first-order chi connectivity index (χ1) is 11.5. The average Bonchev–Trinajstić information content (AvgIpc) is 3.19. The highest BCUT2D eigenvalue weighted by Crippen LogP contribution is 2.32. The third-order valence-electron chi connectivity index (χ3n) is 3.83. The normalized spacial score (nSPS) is 20.3. The van der Waals surface area contributed by atoms with Crippen molar-refractivity contribution in [3.05, 3.63) is 28.8 Å². The van der Waals surface area contributed by atoms with Crippen molar-refractivity contribution in [2.24, 2.45) is 5.73 Å². The van der Waals surface area contributed by atoms with Crippen LogP contribution in [0.5, 0.6) is 0 Å². The summed E-state index contributed by atoms with van der Waals surface area (Å²) in [7, 11) is 0. The van der Waals surface area contributed by atoms with Gasteiger partial charge in [0.15, 0.2) is 4.34 Å². The second-order valence-corrected chi connectivity index (χ2v) is 8.22. The van der Waals surface area contributed by atoms with Crippen LogP contribution in [0.4, 0.5) is 5.69 Å². The number of ether oxygens (including phenoxy) is 1. The van der Waals surface area contributed by atoms with E-state index in [-0.39, 0.29) is 12.0 Å². The highest BCUT2D eigenvalue weighted by Gasteiger charge is 2.30. The Morgan fingerprint density at radius 2 is 2.25 bits per heavy atom. The summed E-state index contributed by atoms with van der Waals surface area (Å²) >= 11 is 3.14. The minimum absolute atomic E-state index is 0.00372. The fourth-order valence-electron chi connectivity index (χ4n) is 2.55. The molecule has 2 heterocycles. The number of carbonyl (C=O) groups is 1. The number of nitrogens with one attached hydrogen (secondary N) is 1. The molecule has 1 amide bonds. The van der Waals surface area contributed by atoms with Crippen LogP contribution in [-0.2, 0) is 9.53 Å². The minimum Gasteiger partial charge on any atom is -0.364 e. The zero-order valence-electron chi connectivity index (χ0n) is 13.6. The largest absolute Gasteiger partial charge is 0.364 e. The number of hydrogen-bond donors (Lipinski definition) is 2. The van der Waals surface area contributed by atoms with Gasteiger partial charge in [-0.05, 0) is 50.5 Å². The molecular weight excluding hydrogens is 344 g/mol. The molecule has 128 valence electrons. The zero-order valence-corrected chi connectivity index (χ0v) is 15.2. The lowest BCUT2D eigenvalue weighted by Gasteiger charge is -2.14. The van der Waals surface area contributed by atoms with Crippen LogP contribution in [0, 0.1) is 13.8 Å². The number of aromatic nitrogens is 2. The van der Waals surface area contributed by atoms with E-state index < -0.39 is 6.10 Å². The van der Waals surface area contributed by atoms with Gasteiger partial charge < -0.3 is 15.8 Å². The topological polar surface area (TPSA) is 90.1 Å². The Morgan fingerprint density at radius 1 is 1.42 bits per heavy atom. The summed E-state index contributed by atoms with van der Waals surface area (Å²) in [5.74, 6) is -0.103. The third-order valence-corrected chi connectivity index (χ3v) is 5.71. The van der Waals surface area contributed by atoms with Crippen molar-refractivity contribution in [3.8, 4) is 0 Å². The minimum atomic E-state index is -0.406. The Kier molecular flexibility index (Phi) is 5.50. The second-order valence-electron chi connectivity index (χ2n) is 5.71. The molecule has 0 spiro atoms. The van der Waals surface area contributed by atoms with E-state index in [0.717, 1.165) is 38.3 Å². The predicted octanol–water partition coefficient (Wildman–Crippen LogP) is 2.75. The highest BCUT2D eigenvalue weighted by atomic mass is 32.2. The van der Waals surface area contributed by atoms with E-state index in [4.69, 9.17) is 10.5 Å². The first-order valence-corrected chi connectivity index (χ1v) is 9.43. The Morgan fingerprint density at radius 3 is 2.88 bits per heavy atom. The van der Waals surface area contributed by atoms with E-state index in [9.17, 15) is 4.79 Å². The van der Waals surface area contributed by atoms with Gasteiger partial charge in [0.25, 0.3) is 5.91 Å². The van der Waals surface area contributed by atoms with Gasteiger partial charge >= 0.3 is 0 Å². The lowest BCUT2D eigenvalue weighted by Crippen LogP contribution is -2.30. The molecule has 1 aliphatic rings. The van der Waals surface area contributed by atoms with Gasteiger partial charge in [-0.3, -0.25) is 4.79 Å². The van der Waals surface area contributed by atoms with E-state index in [2.05, 4.69) is 15.5 Å². The molecule has 1 saturated heterocycles. The van der Waals surface area contributed by atoms with Gasteiger partial charge in [-0.1, -0.05) is 23.1 Å². The Hall–Kier alpha value is -1.48. The maximum atomic E-state index is 12.3. The van der Waals surface area contributed by atoms with Gasteiger partial charge in [-0.2, -0.15) is 0 Å². The van der Waals surface area contributed by atoms with E-state index >= 15 is 0 Å². The number of aryl methyl sites for hydroxylation is 2. The monoisotopic (exact) mass is 364 g/mol. The van der Waals surface area contributed by atoms with Gasteiger partial charge in [0.05, 0.1) is 6.10 Å². The predicted molar refractivity (Wildman–Crippen MR) is 95.5 cm³/mol. The highest BCUT2D eigenvalue weighted by molar-refractivity contribution is 8.01. The molecule has 3 rings (SSSR count). The molecule has 0 aliphatic carbocycles. The van der Waals surface area contributed by atoms with Gasteiger partial charge in [0, 0.05) is 17.1 Å². The molecule has 8 heteroatoms. The van der Waals surface area contributed by atoms with Crippen molar-refractivity contribution >= 4 is 34.7 Å². The number of carbonyl (C=O) groups excluding carboxylic acids is 1. The number of benzene rings is 1. The van der Waals surface area contributed by atoms with Crippen LogP contribution in [0.3, 0.4) is 0 Å². The summed E-state index contributed by atoms with van der Waals surface area (Å²) in [6, 6.07) is 5.93. The number of amides is 1. The van der Waals surface area contributed by atoms with E-state index in [1.807, 2.05) is 32.0 Å². The van der Waals surface area contributed by atoms with Gasteiger partial charge in [-0.25, -0.2) is 0 Å². The molecular formula is C16H20N4O2S2. The van der Waals surface area contributed by atoms with E-state index in [1.54, 1.807) is 23.1 Å². The first kappa shape index (κ1) is 17.3. The van der Waals surface area contributed by atoms with Gasteiger partial charge in [0.1, 0.15) is 11.1 Å². The van der Waals surface area contributed by atoms with Crippen molar-refractivity contribution in [2.75, 3.05) is 11.9 Å². The Balaban J connectivity index is 1.63. The van der Waals surface area contributed by atoms with Gasteiger partial charge in [0.2, 0.25) is 0 Å². The molecule has 1 aromatic carbocycles. The number of nitrogens with two attached hydrogens (primary N) is 1. The van der Waals surface area contributed by atoms with Crippen molar-refractivity contribution < 1.29 is 9.53 Å². The molecule has 0 bridgehead atoms. The van der Waals surface area contributed by atoms with Gasteiger partial charge in [-0.15, -0.1) is 10.2 Å². The van der Waals surface area contributed by atoms with Crippen molar-refractivity contribution in [3.63, 3.8) is 0 Å². The maximum absolute atomic E-state index is 12.3. The summed E-state index contributed by atoms with van der Waals surface area (Å²) in [5, 5.41) is 12.0. The first-order valence-electron chi connectivity index (χ1n) is 7.80. The third kappa shape index (κ3) is 4.13. The molecule has 3 N–H and O–H groups in total. The Labute approximate surface area is 149 Å². The maximum Gasteiger partial charge on any atom is 0.253 e. The summed E-state index contributed by atoms with van der Waals surface area (Å²) < 4.78 is 6.55. The number of nitrogens with zero attached hydrogens (tertiary/aromatic N) is 2. The molecule has 0 saturated carbocycles. The molecule has 2 aromatic rings. The zero-order chi connectivity index (χ0) is 17.1. The van der Waals surface area contributed by atoms with Crippen molar-refractivity contribution in [2.45, 2.75) is 48.1 Å².